The lowest BCUT2D eigenvalue weighted by molar-refractivity contribution is 0.181. The van der Waals surface area contributed by atoms with Gasteiger partial charge in [0.2, 0.25) is 10.0 Å². The quantitative estimate of drug-likeness (QED) is 0.833. The topological polar surface area (TPSA) is 40.6 Å². The fourth-order valence-electron chi connectivity index (χ4n) is 2.77. The highest BCUT2D eigenvalue weighted by Crippen LogP contribution is 2.25. The molecule has 0 bridgehead atoms. The fraction of sp³-hybridized carbons (Fsp3) is 0.294. The summed E-state index contributed by atoms with van der Waals surface area (Å²) in [5, 5.41) is 0.242. The first kappa shape index (κ1) is 17.4. The molecule has 0 amide bonds. The maximum absolute atomic E-state index is 12.9. The number of sulfonamides is 1. The van der Waals surface area contributed by atoms with Gasteiger partial charge in [0, 0.05) is 32.7 Å². The predicted molar refractivity (Wildman–Crippen MR) is 91.9 cm³/mol. The number of hydrogen-bond donors (Lipinski definition) is 0. The molecule has 24 heavy (non-hydrogen) atoms. The van der Waals surface area contributed by atoms with E-state index in [0.717, 1.165) is 5.56 Å². The van der Waals surface area contributed by atoms with Crippen molar-refractivity contribution in [3.05, 3.63) is 64.9 Å². The Hall–Kier alpha value is -1.47. The van der Waals surface area contributed by atoms with Crippen LogP contribution < -0.4 is 0 Å². The zero-order valence-corrected chi connectivity index (χ0v) is 14.6. The molecule has 1 aliphatic heterocycles. The van der Waals surface area contributed by atoms with Gasteiger partial charge in [-0.15, -0.1) is 0 Å². The van der Waals surface area contributed by atoms with E-state index in [9.17, 15) is 12.8 Å². The third-order valence-electron chi connectivity index (χ3n) is 4.11. The van der Waals surface area contributed by atoms with Crippen molar-refractivity contribution in [2.75, 3.05) is 26.2 Å². The van der Waals surface area contributed by atoms with Gasteiger partial charge in [-0.1, -0.05) is 35.9 Å². The molecule has 0 unspecified atom stereocenters. The van der Waals surface area contributed by atoms with Gasteiger partial charge in [-0.05, 0) is 29.8 Å². The molecule has 3 rings (SSSR count). The standard InChI is InChI=1S/C17H18ClFN2O2S/c18-16-3-1-2-4-17(16)24(22,23)21-11-9-20(10-12-21)13-14-5-7-15(19)8-6-14/h1-8H,9-13H2. The Bertz CT molecular complexity index is 804. The van der Waals surface area contributed by atoms with Gasteiger partial charge < -0.3 is 0 Å². The van der Waals surface area contributed by atoms with E-state index >= 15 is 0 Å². The summed E-state index contributed by atoms with van der Waals surface area (Å²) in [6.07, 6.45) is 0. The van der Waals surface area contributed by atoms with E-state index in [1.54, 1.807) is 30.3 Å². The molecular formula is C17H18ClFN2O2S. The Morgan fingerprint density at radius 3 is 2.21 bits per heavy atom. The summed E-state index contributed by atoms with van der Waals surface area (Å²) < 4.78 is 39.8. The lowest BCUT2D eigenvalue weighted by Gasteiger charge is -2.34. The van der Waals surface area contributed by atoms with Crippen LogP contribution in [0.5, 0.6) is 0 Å². The molecule has 1 saturated heterocycles. The summed E-state index contributed by atoms with van der Waals surface area (Å²) in [4.78, 5) is 2.31. The van der Waals surface area contributed by atoms with Crippen LogP contribution in [0.2, 0.25) is 5.02 Å². The maximum atomic E-state index is 12.9. The van der Waals surface area contributed by atoms with Crippen molar-refractivity contribution < 1.29 is 12.8 Å². The van der Waals surface area contributed by atoms with Crippen LogP contribution in [-0.2, 0) is 16.6 Å². The van der Waals surface area contributed by atoms with Crippen LogP contribution in [0.4, 0.5) is 4.39 Å². The zero-order valence-electron chi connectivity index (χ0n) is 13.0. The third kappa shape index (κ3) is 3.78. The minimum atomic E-state index is -3.57. The summed E-state index contributed by atoms with van der Waals surface area (Å²) in [6, 6.07) is 12.9. The van der Waals surface area contributed by atoms with Crippen LogP contribution in [0.25, 0.3) is 0 Å². The minimum Gasteiger partial charge on any atom is -0.296 e. The molecule has 0 spiro atoms. The van der Waals surface area contributed by atoms with Crippen molar-refractivity contribution in [2.45, 2.75) is 11.4 Å². The van der Waals surface area contributed by atoms with Crippen LogP contribution in [0.15, 0.2) is 53.4 Å². The van der Waals surface area contributed by atoms with E-state index in [2.05, 4.69) is 4.90 Å². The fourth-order valence-corrected chi connectivity index (χ4v) is 4.68. The van der Waals surface area contributed by atoms with Crippen LogP contribution in [-0.4, -0.2) is 43.8 Å². The lowest BCUT2D eigenvalue weighted by Crippen LogP contribution is -2.48. The molecule has 0 N–H and O–H groups in total. The average Bonchev–Trinajstić information content (AvgIpc) is 2.58. The Balaban J connectivity index is 1.64. The second-order valence-corrected chi connectivity index (χ2v) is 8.05. The van der Waals surface area contributed by atoms with Crippen molar-refractivity contribution in [3.63, 3.8) is 0 Å². The van der Waals surface area contributed by atoms with Crippen LogP contribution in [0.1, 0.15) is 5.56 Å². The van der Waals surface area contributed by atoms with Gasteiger partial charge >= 0.3 is 0 Å². The first-order valence-electron chi connectivity index (χ1n) is 7.68. The van der Waals surface area contributed by atoms with E-state index in [1.165, 1.54) is 22.5 Å². The van der Waals surface area contributed by atoms with Gasteiger partial charge in [0.1, 0.15) is 10.7 Å². The van der Waals surface area contributed by atoms with E-state index < -0.39 is 10.0 Å². The Labute approximate surface area is 146 Å². The van der Waals surface area contributed by atoms with Crippen molar-refractivity contribution in [1.82, 2.24) is 9.21 Å². The number of nitrogens with zero attached hydrogens (tertiary/aromatic N) is 2. The molecule has 0 atom stereocenters. The van der Waals surface area contributed by atoms with Crippen molar-refractivity contribution in [1.29, 1.82) is 0 Å². The largest absolute Gasteiger partial charge is 0.296 e. The van der Waals surface area contributed by atoms with Gasteiger partial charge in [-0.2, -0.15) is 4.31 Å². The van der Waals surface area contributed by atoms with Crippen molar-refractivity contribution >= 4 is 21.6 Å². The first-order chi connectivity index (χ1) is 11.5. The molecule has 4 nitrogen and oxygen atoms in total. The number of hydrogen-bond acceptors (Lipinski definition) is 3. The Morgan fingerprint density at radius 2 is 1.58 bits per heavy atom. The summed E-state index contributed by atoms with van der Waals surface area (Å²) in [6.45, 7) is 2.76. The molecule has 7 heteroatoms. The van der Waals surface area contributed by atoms with Crippen molar-refractivity contribution in [3.8, 4) is 0 Å². The van der Waals surface area contributed by atoms with Gasteiger partial charge in [-0.25, -0.2) is 12.8 Å². The smallest absolute Gasteiger partial charge is 0.244 e. The second kappa shape index (κ2) is 7.19. The Kier molecular flexibility index (Phi) is 5.20. The molecule has 128 valence electrons. The molecule has 0 radical (unpaired) electrons. The molecule has 0 aromatic heterocycles. The third-order valence-corrected chi connectivity index (χ3v) is 6.50. The van der Waals surface area contributed by atoms with E-state index in [1.807, 2.05) is 0 Å². The van der Waals surface area contributed by atoms with Crippen LogP contribution >= 0.6 is 11.6 Å². The predicted octanol–water partition coefficient (Wildman–Crippen LogP) is 2.99. The highest BCUT2D eigenvalue weighted by molar-refractivity contribution is 7.89. The molecule has 2 aromatic rings. The van der Waals surface area contributed by atoms with Crippen molar-refractivity contribution in [2.24, 2.45) is 0 Å². The number of halogens is 2. The monoisotopic (exact) mass is 368 g/mol. The number of rotatable bonds is 4. The number of benzene rings is 2. The highest BCUT2D eigenvalue weighted by atomic mass is 35.5. The van der Waals surface area contributed by atoms with E-state index in [4.69, 9.17) is 11.6 Å². The molecule has 1 aliphatic rings. The molecular weight excluding hydrogens is 351 g/mol. The van der Waals surface area contributed by atoms with E-state index in [-0.39, 0.29) is 15.7 Å². The molecule has 0 saturated carbocycles. The second-order valence-electron chi connectivity index (χ2n) is 5.74. The van der Waals surface area contributed by atoms with Gasteiger partial charge in [0.25, 0.3) is 0 Å². The average molecular weight is 369 g/mol. The highest BCUT2D eigenvalue weighted by Gasteiger charge is 2.29. The summed E-state index contributed by atoms with van der Waals surface area (Å²) >= 11 is 6.03. The number of piperazine rings is 1. The lowest BCUT2D eigenvalue weighted by atomic mass is 10.2. The summed E-state index contributed by atoms with van der Waals surface area (Å²) in [5.41, 5.74) is 1.01. The normalized spacial score (nSPS) is 17.1. The maximum Gasteiger partial charge on any atom is 0.244 e. The first-order valence-corrected chi connectivity index (χ1v) is 9.50. The van der Waals surface area contributed by atoms with Crippen LogP contribution in [0, 0.1) is 5.82 Å². The Morgan fingerprint density at radius 1 is 0.958 bits per heavy atom. The molecule has 2 aromatic carbocycles. The van der Waals surface area contributed by atoms with E-state index in [0.29, 0.717) is 32.7 Å². The van der Waals surface area contributed by atoms with Gasteiger partial charge in [0.15, 0.2) is 0 Å². The molecule has 0 aliphatic carbocycles. The minimum absolute atomic E-state index is 0.152. The van der Waals surface area contributed by atoms with Gasteiger partial charge in [-0.3, -0.25) is 4.90 Å². The molecule has 1 heterocycles. The summed E-state index contributed by atoms with van der Waals surface area (Å²) in [5.74, 6) is -0.255. The SMILES string of the molecule is O=S(=O)(c1ccccc1Cl)N1CCN(Cc2ccc(F)cc2)CC1. The summed E-state index contributed by atoms with van der Waals surface area (Å²) in [7, 11) is -3.57. The molecule has 1 fully saturated rings. The van der Waals surface area contributed by atoms with Gasteiger partial charge in [0.05, 0.1) is 5.02 Å². The zero-order chi connectivity index (χ0) is 17.2. The van der Waals surface area contributed by atoms with Crippen LogP contribution in [0.3, 0.4) is 0 Å².